The van der Waals surface area contributed by atoms with Crippen molar-refractivity contribution in [2.45, 2.75) is 18.9 Å². The van der Waals surface area contributed by atoms with Gasteiger partial charge in [0.2, 0.25) is 5.91 Å². The highest BCUT2D eigenvalue weighted by Gasteiger charge is 2.25. The van der Waals surface area contributed by atoms with Crippen molar-refractivity contribution in [3.05, 3.63) is 94.2 Å². The average Bonchev–Trinajstić information content (AvgIpc) is 3.27. The lowest BCUT2D eigenvalue weighted by molar-refractivity contribution is -0.133. The van der Waals surface area contributed by atoms with E-state index in [2.05, 4.69) is 70.3 Å². The van der Waals surface area contributed by atoms with Gasteiger partial charge in [-0.2, -0.15) is 11.3 Å². The van der Waals surface area contributed by atoms with Gasteiger partial charge in [-0.25, -0.2) is 0 Å². The number of amides is 1. The zero-order chi connectivity index (χ0) is 19.2. The molecular formula is C24H26N2OS. The van der Waals surface area contributed by atoms with Gasteiger partial charge in [0.25, 0.3) is 0 Å². The summed E-state index contributed by atoms with van der Waals surface area (Å²) < 4.78 is 0. The van der Waals surface area contributed by atoms with Crippen molar-refractivity contribution < 1.29 is 4.79 Å². The van der Waals surface area contributed by atoms with E-state index in [-0.39, 0.29) is 11.8 Å². The van der Waals surface area contributed by atoms with Crippen molar-refractivity contribution in [2.75, 3.05) is 26.2 Å². The van der Waals surface area contributed by atoms with Crippen LogP contribution in [0, 0.1) is 0 Å². The van der Waals surface area contributed by atoms with Crippen molar-refractivity contribution in [3.63, 3.8) is 0 Å². The van der Waals surface area contributed by atoms with E-state index < -0.39 is 0 Å². The zero-order valence-electron chi connectivity index (χ0n) is 16.0. The molecule has 0 unspecified atom stereocenters. The predicted molar refractivity (Wildman–Crippen MR) is 116 cm³/mol. The molecule has 1 aromatic heterocycles. The van der Waals surface area contributed by atoms with Crippen molar-refractivity contribution in [3.8, 4) is 0 Å². The van der Waals surface area contributed by atoms with Gasteiger partial charge in [0, 0.05) is 45.1 Å². The quantitative estimate of drug-likeness (QED) is 0.613. The molecule has 0 bridgehead atoms. The largest absolute Gasteiger partial charge is 0.340 e. The average molecular weight is 391 g/mol. The number of benzene rings is 2. The zero-order valence-corrected chi connectivity index (χ0v) is 16.9. The van der Waals surface area contributed by atoms with E-state index in [1.807, 2.05) is 17.0 Å². The van der Waals surface area contributed by atoms with E-state index in [4.69, 9.17) is 0 Å². The molecule has 3 nitrogen and oxygen atoms in total. The number of hydrogen-bond acceptors (Lipinski definition) is 3. The molecular weight excluding hydrogens is 364 g/mol. The van der Waals surface area contributed by atoms with Crippen LogP contribution >= 0.6 is 11.3 Å². The van der Waals surface area contributed by atoms with Crippen molar-refractivity contribution in [2.24, 2.45) is 0 Å². The number of hydrogen-bond donors (Lipinski definition) is 0. The maximum absolute atomic E-state index is 13.1. The molecule has 0 N–H and O–H groups in total. The van der Waals surface area contributed by atoms with Crippen LogP contribution in [-0.4, -0.2) is 41.9 Å². The summed E-state index contributed by atoms with van der Waals surface area (Å²) in [7, 11) is 0. The topological polar surface area (TPSA) is 23.6 Å². The van der Waals surface area contributed by atoms with E-state index in [0.29, 0.717) is 6.42 Å². The molecule has 1 saturated heterocycles. The molecule has 0 radical (unpaired) electrons. The molecule has 2 aromatic carbocycles. The summed E-state index contributed by atoms with van der Waals surface area (Å²) in [6.07, 6.45) is 0.526. The first-order chi connectivity index (χ1) is 13.8. The number of carbonyl (C=O) groups excluding carboxylic acids is 1. The first-order valence-electron chi connectivity index (χ1n) is 9.91. The molecule has 28 heavy (non-hydrogen) atoms. The van der Waals surface area contributed by atoms with Crippen molar-refractivity contribution in [1.82, 2.24) is 9.80 Å². The third kappa shape index (κ3) is 4.70. The third-order valence-corrected chi connectivity index (χ3v) is 6.23. The minimum absolute atomic E-state index is 0.110. The van der Waals surface area contributed by atoms with Crippen LogP contribution in [0.2, 0.25) is 0 Å². The van der Waals surface area contributed by atoms with Gasteiger partial charge in [-0.1, -0.05) is 60.7 Å². The molecule has 1 aliphatic heterocycles. The molecule has 0 spiro atoms. The highest BCUT2D eigenvalue weighted by Crippen LogP contribution is 2.28. The summed E-state index contributed by atoms with van der Waals surface area (Å²) in [5.74, 6) is 0.367. The standard InChI is InChI=1S/C24H26N2OS/c27-24(26-14-12-25(13-15-26)18-20-11-16-28-19-20)17-23(21-7-3-1-4-8-21)22-9-5-2-6-10-22/h1-11,16,19,23H,12-15,17-18H2. The smallest absolute Gasteiger partial charge is 0.223 e. The SMILES string of the molecule is O=C(CC(c1ccccc1)c1ccccc1)N1CCN(Cc2ccsc2)CC1. The second-order valence-electron chi connectivity index (χ2n) is 7.37. The monoisotopic (exact) mass is 390 g/mol. The molecule has 0 saturated carbocycles. The number of nitrogens with zero attached hydrogens (tertiary/aromatic N) is 2. The molecule has 1 fully saturated rings. The second-order valence-corrected chi connectivity index (χ2v) is 8.15. The maximum atomic E-state index is 13.1. The Morgan fingerprint density at radius 1 is 0.857 bits per heavy atom. The fourth-order valence-corrected chi connectivity index (χ4v) is 4.56. The molecule has 144 valence electrons. The first-order valence-corrected chi connectivity index (χ1v) is 10.8. The fraction of sp³-hybridized carbons (Fsp3) is 0.292. The van der Waals surface area contributed by atoms with Gasteiger partial charge in [-0.3, -0.25) is 9.69 Å². The van der Waals surface area contributed by atoms with Gasteiger partial charge < -0.3 is 4.90 Å². The first kappa shape index (κ1) is 18.9. The number of piperazine rings is 1. The van der Waals surface area contributed by atoms with Crippen molar-refractivity contribution >= 4 is 17.2 Å². The summed E-state index contributed by atoms with van der Waals surface area (Å²) in [4.78, 5) is 17.6. The van der Waals surface area contributed by atoms with Gasteiger partial charge in [0.05, 0.1) is 0 Å². The fourth-order valence-electron chi connectivity index (χ4n) is 3.90. The van der Waals surface area contributed by atoms with Crippen LogP contribution in [0.4, 0.5) is 0 Å². The minimum atomic E-state index is 0.110. The Labute approximate surface area is 171 Å². The van der Waals surface area contributed by atoms with Crippen LogP contribution in [-0.2, 0) is 11.3 Å². The normalized spacial score (nSPS) is 15.1. The van der Waals surface area contributed by atoms with Gasteiger partial charge in [0.15, 0.2) is 0 Å². The summed E-state index contributed by atoms with van der Waals surface area (Å²) in [6, 6.07) is 23.0. The number of thiophene rings is 1. The lowest BCUT2D eigenvalue weighted by atomic mass is 9.88. The Morgan fingerprint density at radius 3 is 2.00 bits per heavy atom. The molecule has 0 atom stereocenters. The van der Waals surface area contributed by atoms with E-state index in [1.165, 1.54) is 16.7 Å². The molecule has 1 amide bonds. The molecule has 0 aliphatic carbocycles. The number of carbonyl (C=O) groups is 1. The molecule has 4 heteroatoms. The van der Waals surface area contributed by atoms with Gasteiger partial charge in [-0.15, -0.1) is 0 Å². The van der Waals surface area contributed by atoms with Crippen LogP contribution in [0.15, 0.2) is 77.5 Å². The lowest BCUT2D eigenvalue weighted by Gasteiger charge is -2.35. The van der Waals surface area contributed by atoms with Crippen LogP contribution in [0.5, 0.6) is 0 Å². The van der Waals surface area contributed by atoms with E-state index >= 15 is 0 Å². The Balaban J connectivity index is 1.40. The van der Waals surface area contributed by atoms with Crippen LogP contribution < -0.4 is 0 Å². The van der Waals surface area contributed by atoms with E-state index in [1.54, 1.807) is 11.3 Å². The summed E-state index contributed by atoms with van der Waals surface area (Å²) >= 11 is 1.75. The van der Waals surface area contributed by atoms with E-state index in [9.17, 15) is 4.79 Å². The third-order valence-electron chi connectivity index (χ3n) is 5.49. The van der Waals surface area contributed by atoms with Gasteiger partial charge in [0.1, 0.15) is 0 Å². The van der Waals surface area contributed by atoms with Crippen LogP contribution in [0.25, 0.3) is 0 Å². The van der Waals surface area contributed by atoms with Gasteiger partial charge >= 0.3 is 0 Å². The minimum Gasteiger partial charge on any atom is -0.340 e. The van der Waals surface area contributed by atoms with Crippen LogP contribution in [0.1, 0.15) is 29.0 Å². The predicted octanol–water partition coefficient (Wildman–Crippen LogP) is 4.61. The van der Waals surface area contributed by atoms with Gasteiger partial charge in [-0.05, 0) is 33.5 Å². The van der Waals surface area contributed by atoms with E-state index in [0.717, 1.165) is 32.7 Å². The number of rotatable bonds is 6. The van der Waals surface area contributed by atoms with Crippen molar-refractivity contribution in [1.29, 1.82) is 0 Å². The highest BCUT2D eigenvalue weighted by atomic mass is 32.1. The molecule has 3 aromatic rings. The molecule has 2 heterocycles. The Hall–Kier alpha value is -2.43. The Bertz CT molecular complexity index is 817. The summed E-state index contributed by atoms with van der Waals surface area (Å²) in [6.45, 7) is 4.52. The highest BCUT2D eigenvalue weighted by molar-refractivity contribution is 7.07. The summed E-state index contributed by atoms with van der Waals surface area (Å²) in [5, 5.41) is 4.34. The Kier molecular flexibility index (Phi) is 6.20. The Morgan fingerprint density at radius 2 is 1.46 bits per heavy atom. The van der Waals surface area contributed by atoms with Crippen LogP contribution in [0.3, 0.4) is 0 Å². The maximum Gasteiger partial charge on any atom is 0.223 e. The lowest BCUT2D eigenvalue weighted by Crippen LogP contribution is -2.48. The molecule has 1 aliphatic rings. The summed E-state index contributed by atoms with van der Waals surface area (Å²) in [5.41, 5.74) is 3.79. The second kappa shape index (κ2) is 9.18. The molecule has 4 rings (SSSR count).